The molecule has 1 amide bonds. The smallest absolute Gasteiger partial charge is 0.254 e. The van der Waals surface area contributed by atoms with E-state index in [1.165, 1.54) is 12.5 Å². The maximum absolute atomic E-state index is 12.9. The first-order chi connectivity index (χ1) is 11.2. The molecule has 118 valence electrons. The molecule has 2 aromatic rings. The van der Waals surface area contributed by atoms with Crippen molar-refractivity contribution in [3.63, 3.8) is 0 Å². The minimum atomic E-state index is -0.0695. The Kier molecular flexibility index (Phi) is 4.82. The van der Waals surface area contributed by atoms with Crippen molar-refractivity contribution in [2.45, 2.75) is 12.2 Å². The molecule has 0 radical (unpaired) electrons. The zero-order valence-corrected chi connectivity index (χ0v) is 13.9. The van der Waals surface area contributed by atoms with Gasteiger partial charge in [-0.15, -0.1) is 0 Å². The average Bonchev–Trinajstić information content (AvgIpc) is 2.62. The van der Waals surface area contributed by atoms with E-state index in [1.54, 1.807) is 18.2 Å². The largest absolute Gasteiger partial charge is 0.336 e. The van der Waals surface area contributed by atoms with E-state index in [2.05, 4.69) is 12.1 Å². The molecule has 1 aliphatic heterocycles. The number of Topliss-reactive ketones (excluding diaryl/α,β-unsaturated/α-hetero) is 1. The van der Waals surface area contributed by atoms with Crippen molar-refractivity contribution >= 4 is 23.5 Å². The van der Waals surface area contributed by atoms with Crippen LogP contribution in [-0.4, -0.2) is 35.4 Å². The van der Waals surface area contributed by atoms with E-state index < -0.39 is 0 Å². The van der Waals surface area contributed by atoms with Gasteiger partial charge < -0.3 is 4.90 Å². The Hall–Kier alpha value is -2.07. The Morgan fingerprint density at radius 2 is 1.65 bits per heavy atom. The molecule has 0 aromatic heterocycles. The van der Waals surface area contributed by atoms with Crippen molar-refractivity contribution in [1.29, 1.82) is 0 Å². The highest BCUT2D eigenvalue weighted by atomic mass is 32.2. The van der Waals surface area contributed by atoms with Crippen LogP contribution >= 0.6 is 11.8 Å². The fourth-order valence-corrected chi connectivity index (χ4v) is 4.10. The number of hydrogen-bond donors (Lipinski definition) is 0. The van der Waals surface area contributed by atoms with Gasteiger partial charge in [-0.1, -0.05) is 48.5 Å². The zero-order valence-electron chi connectivity index (χ0n) is 13.1. The monoisotopic (exact) mass is 325 g/mol. The summed E-state index contributed by atoms with van der Waals surface area (Å²) >= 11 is 1.88. The van der Waals surface area contributed by atoms with Crippen LogP contribution in [0.25, 0.3) is 0 Å². The number of carbonyl (C=O) groups excluding carboxylic acids is 2. The lowest BCUT2D eigenvalue weighted by Crippen LogP contribution is -2.39. The Balaban J connectivity index is 1.82. The molecule has 0 N–H and O–H groups in total. The SMILES string of the molecule is CC(=O)c1ccccc1C(=O)N1CCS[C@@H](c2ccccc2)C1. The summed E-state index contributed by atoms with van der Waals surface area (Å²) in [6, 6.07) is 17.4. The second kappa shape index (κ2) is 7.01. The van der Waals surface area contributed by atoms with Gasteiger partial charge in [0.05, 0.1) is 5.56 Å². The van der Waals surface area contributed by atoms with Crippen molar-refractivity contribution in [2.75, 3.05) is 18.8 Å². The summed E-state index contributed by atoms with van der Waals surface area (Å²) in [5.41, 5.74) is 2.26. The second-order valence-electron chi connectivity index (χ2n) is 5.62. The van der Waals surface area contributed by atoms with Gasteiger partial charge in [-0.25, -0.2) is 0 Å². The lowest BCUT2D eigenvalue weighted by atomic mass is 10.0. The van der Waals surface area contributed by atoms with Crippen LogP contribution in [0.3, 0.4) is 0 Å². The van der Waals surface area contributed by atoms with E-state index in [1.807, 2.05) is 40.9 Å². The summed E-state index contributed by atoms with van der Waals surface area (Å²) in [6.07, 6.45) is 0. The molecule has 0 spiro atoms. The zero-order chi connectivity index (χ0) is 16.2. The van der Waals surface area contributed by atoms with Crippen molar-refractivity contribution in [3.05, 3.63) is 71.3 Å². The van der Waals surface area contributed by atoms with Crippen LogP contribution in [0.5, 0.6) is 0 Å². The molecule has 1 fully saturated rings. The molecule has 3 rings (SSSR count). The lowest BCUT2D eigenvalue weighted by Gasteiger charge is -2.33. The molecule has 4 heteroatoms. The van der Waals surface area contributed by atoms with Crippen LogP contribution in [0, 0.1) is 0 Å². The van der Waals surface area contributed by atoms with Crippen LogP contribution in [0.15, 0.2) is 54.6 Å². The van der Waals surface area contributed by atoms with Gasteiger partial charge in [0.2, 0.25) is 0 Å². The standard InChI is InChI=1S/C19H19NO2S/c1-14(21)16-9-5-6-10-17(16)19(22)20-11-12-23-18(13-20)15-7-3-2-4-8-15/h2-10,18H,11-13H2,1H3/t18-/m1/s1. The number of thioether (sulfide) groups is 1. The number of ketones is 1. The van der Waals surface area contributed by atoms with Crippen molar-refractivity contribution < 1.29 is 9.59 Å². The van der Waals surface area contributed by atoms with Crippen molar-refractivity contribution in [1.82, 2.24) is 4.90 Å². The molecule has 23 heavy (non-hydrogen) atoms. The number of hydrogen-bond acceptors (Lipinski definition) is 3. The third-order valence-electron chi connectivity index (χ3n) is 4.06. The molecule has 2 aromatic carbocycles. The van der Waals surface area contributed by atoms with Crippen molar-refractivity contribution in [2.24, 2.45) is 0 Å². The Morgan fingerprint density at radius 3 is 2.35 bits per heavy atom. The highest BCUT2D eigenvalue weighted by Gasteiger charge is 2.27. The quantitative estimate of drug-likeness (QED) is 0.805. The van der Waals surface area contributed by atoms with E-state index >= 15 is 0 Å². The molecular formula is C19H19NO2S. The maximum atomic E-state index is 12.9. The number of carbonyl (C=O) groups is 2. The van der Waals surface area contributed by atoms with E-state index in [-0.39, 0.29) is 11.7 Å². The summed E-state index contributed by atoms with van der Waals surface area (Å²) in [4.78, 5) is 26.5. The van der Waals surface area contributed by atoms with E-state index in [4.69, 9.17) is 0 Å². The topological polar surface area (TPSA) is 37.4 Å². The number of benzene rings is 2. The minimum Gasteiger partial charge on any atom is -0.336 e. The van der Waals surface area contributed by atoms with Crippen LogP contribution in [0.2, 0.25) is 0 Å². The molecule has 1 atom stereocenters. The van der Waals surface area contributed by atoms with E-state index in [0.717, 1.165) is 12.3 Å². The minimum absolute atomic E-state index is 0.0444. The molecule has 1 saturated heterocycles. The van der Waals surface area contributed by atoms with Gasteiger partial charge in [-0.3, -0.25) is 9.59 Å². The van der Waals surface area contributed by atoms with E-state index in [9.17, 15) is 9.59 Å². The van der Waals surface area contributed by atoms with Crippen LogP contribution < -0.4 is 0 Å². The fraction of sp³-hybridized carbons (Fsp3) is 0.263. The fourth-order valence-electron chi connectivity index (χ4n) is 2.85. The third-order valence-corrected chi connectivity index (χ3v) is 5.30. The first kappa shape index (κ1) is 15.8. The van der Waals surface area contributed by atoms with Gasteiger partial charge in [-0.05, 0) is 18.6 Å². The van der Waals surface area contributed by atoms with Crippen molar-refractivity contribution in [3.8, 4) is 0 Å². The molecule has 1 heterocycles. The van der Waals surface area contributed by atoms with Crippen LogP contribution in [0.4, 0.5) is 0 Å². The molecule has 0 aliphatic carbocycles. The molecule has 3 nitrogen and oxygen atoms in total. The van der Waals surface area contributed by atoms with Gasteiger partial charge >= 0.3 is 0 Å². The number of amides is 1. The predicted molar refractivity (Wildman–Crippen MR) is 94.0 cm³/mol. The Labute approximate surface area is 140 Å². The summed E-state index contributed by atoms with van der Waals surface area (Å²) in [7, 11) is 0. The maximum Gasteiger partial charge on any atom is 0.254 e. The predicted octanol–water partition coefficient (Wildman–Crippen LogP) is 3.82. The molecule has 0 bridgehead atoms. The van der Waals surface area contributed by atoms with Gasteiger partial charge in [0.15, 0.2) is 5.78 Å². The summed E-state index contributed by atoms with van der Waals surface area (Å²) in [5, 5.41) is 0.290. The molecule has 0 saturated carbocycles. The first-order valence-electron chi connectivity index (χ1n) is 7.72. The Bertz CT molecular complexity index is 714. The molecular weight excluding hydrogens is 306 g/mol. The summed E-state index contributed by atoms with van der Waals surface area (Å²) in [6.45, 7) is 2.91. The summed E-state index contributed by atoms with van der Waals surface area (Å²) < 4.78 is 0. The Morgan fingerprint density at radius 1 is 1.00 bits per heavy atom. The molecule has 1 aliphatic rings. The average molecular weight is 325 g/mol. The third kappa shape index (κ3) is 3.48. The lowest BCUT2D eigenvalue weighted by molar-refractivity contribution is 0.0756. The molecule has 0 unspecified atom stereocenters. The second-order valence-corrected chi connectivity index (χ2v) is 6.93. The first-order valence-corrected chi connectivity index (χ1v) is 8.77. The number of nitrogens with zero attached hydrogens (tertiary/aromatic N) is 1. The summed E-state index contributed by atoms with van der Waals surface area (Å²) in [5.74, 6) is 0.796. The van der Waals surface area contributed by atoms with Crippen LogP contribution in [0.1, 0.15) is 38.5 Å². The van der Waals surface area contributed by atoms with Gasteiger partial charge in [0, 0.05) is 29.7 Å². The highest BCUT2D eigenvalue weighted by molar-refractivity contribution is 7.99. The van der Waals surface area contributed by atoms with Gasteiger partial charge in [-0.2, -0.15) is 11.8 Å². The number of rotatable bonds is 3. The highest BCUT2D eigenvalue weighted by Crippen LogP contribution is 2.33. The van der Waals surface area contributed by atoms with Gasteiger partial charge in [0.25, 0.3) is 5.91 Å². The van der Waals surface area contributed by atoms with E-state index in [0.29, 0.717) is 22.9 Å². The van der Waals surface area contributed by atoms with Gasteiger partial charge in [0.1, 0.15) is 0 Å². The normalized spacial score (nSPS) is 17.8. The van der Waals surface area contributed by atoms with Crippen LogP contribution in [-0.2, 0) is 0 Å².